The number of hydrogen-bond acceptors (Lipinski definition) is 5. The quantitative estimate of drug-likeness (QED) is 0.515. The van der Waals surface area contributed by atoms with Gasteiger partial charge in [0.2, 0.25) is 5.91 Å². The van der Waals surface area contributed by atoms with Gasteiger partial charge < -0.3 is 10.1 Å². The Hall–Kier alpha value is -2.78. The van der Waals surface area contributed by atoms with Crippen LogP contribution in [0, 0.1) is 10.1 Å². The van der Waals surface area contributed by atoms with Crippen molar-refractivity contribution in [1.82, 2.24) is 4.90 Å². The van der Waals surface area contributed by atoms with Gasteiger partial charge in [0.15, 0.2) is 0 Å². The lowest BCUT2D eigenvalue weighted by molar-refractivity contribution is -0.384. The fourth-order valence-electron chi connectivity index (χ4n) is 2.41. The maximum absolute atomic E-state index is 12.5. The van der Waals surface area contributed by atoms with Crippen LogP contribution in [0.15, 0.2) is 42.5 Å². The molecule has 1 atom stereocenters. The van der Waals surface area contributed by atoms with Gasteiger partial charge in [0.05, 0.1) is 16.7 Å². The van der Waals surface area contributed by atoms with Crippen molar-refractivity contribution in [1.29, 1.82) is 0 Å². The van der Waals surface area contributed by atoms with E-state index in [1.54, 1.807) is 24.9 Å². The first-order valence-corrected chi connectivity index (χ1v) is 8.54. The molecule has 0 saturated carbocycles. The van der Waals surface area contributed by atoms with E-state index in [4.69, 9.17) is 11.6 Å². The highest BCUT2D eigenvalue weighted by molar-refractivity contribution is 6.31. The highest BCUT2D eigenvalue weighted by Gasteiger charge is 2.21. The number of nitro benzene ring substituents is 1. The number of halogens is 3. The first-order chi connectivity index (χ1) is 13.2. The molecule has 2 rings (SSSR count). The lowest BCUT2D eigenvalue weighted by atomic mass is 10.1. The molecule has 1 N–H and O–H groups in total. The summed E-state index contributed by atoms with van der Waals surface area (Å²) in [6.07, 6.45) is 0. The number of anilines is 1. The normalized spacial score (nSPS) is 12.1. The Kier molecular flexibility index (Phi) is 7.24. The number of carbonyl (C=O) groups excluding carboxylic acids is 1. The van der Waals surface area contributed by atoms with Crippen molar-refractivity contribution in [3.05, 3.63) is 63.2 Å². The molecule has 150 valence electrons. The van der Waals surface area contributed by atoms with E-state index in [1.165, 1.54) is 36.4 Å². The molecule has 1 amide bonds. The van der Waals surface area contributed by atoms with Gasteiger partial charge in [0.1, 0.15) is 5.75 Å². The molecule has 0 aliphatic heterocycles. The number of ether oxygens (including phenoxy) is 1. The van der Waals surface area contributed by atoms with Crippen LogP contribution < -0.4 is 10.1 Å². The number of rotatable bonds is 8. The van der Waals surface area contributed by atoms with Gasteiger partial charge in [0, 0.05) is 23.7 Å². The van der Waals surface area contributed by atoms with Crippen LogP contribution in [0.4, 0.5) is 20.2 Å². The summed E-state index contributed by atoms with van der Waals surface area (Å²) in [5, 5.41) is 13.8. The second-order valence-electron chi connectivity index (χ2n) is 5.99. The number of likely N-dealkylation sites (N-methyl/N-ethyl adjacent to an activating group) is 1. The van der Waals surface area contributed by atoms with Gasteiger partial charge in [-0.15, -0.1) is 0 Å². The van der Waals surface area contributed by atoms with Crippen molar-refractivity contribution in [2.75, 3.05) is 12.4 Å². The minimum absolute atomic E-state index is 0.108. The Balaban J connectivity index is 2.09. The lowest BCUT2D eigenvalue weighted by Crippen LogP contribution is -2.39. The van der Waals surface area contributed by atoms with E-state index in [1.807, 2.05) is 0 Å². The molecule has 10 heteroatoms. The summed E-state index contributed by atoms with van der Waals surface area (Å²) in [4.78, 5) is 24.5. The summed E-state index contributed by atoms with van der Waals surface area (Å²) < 4.78 is 29.4. The van der Waals surface area contributed by atoms with Crippen molar-refractivity contribution < 1.29 is 23.2 Å². The summed E-state index contributed by atoms with van der Waals surface area (Å²) in [6, 6.07) is 9.22. The Bertz CT molecular complexity index is 866. The van der Waals surface area contributed by atoms with E-state index in [0.717, 1.165) is 0 Å². The van der Waals surface area contributed by atoms with Crippen molar-refractivity contribution in [2.24, 2.45) is 0 Å². The molecular weight excluding hydrogens is 396 g/mol. The van der Waals surface area contributed by atoms with Crippen LogP contribution in [-0.4, -0.2) is 35.4 Å². The van der Waals surface area contributed by atoms with E-state index in [-0.39, 0.29) is 23.7 Å². The molecule has 0 fully saturated rings. The number of nitro groups is 1. The zero-order valence-electron chi connectivity index (χ0n) is 15.1. The third kappa shape index (κ3) is 5.61. The van der Waals surface area contributed by atoms with Crippen LogP contribution >= 0.6 is 11.6 Å². The molecule has 2 aromatic carbocycles. The minimum Gasteiger partial charge on any atom is -0.433 e. The molecular formula is C18H18ClF2N3O4. The Morgan fingerprint density at radius 3 is 2.64 bits per heavy atom. The van der Waals surface area contributed by atoms with Crippen LogP contribution in [0.1, 0.15) is 12.5 Å². The summed E-state index contributed by atoms with van der Waals surface area (Å²) in [7, 11) is 1.64. The maximum atomic E-state index is 12.5. The van der Waals surface area contributed by atoms with Gasteiger partial charge in [-0.3, -0.25) is 19.8 Å². The third-order valence-electron chi connectivity index (χ3n) is 4.06. The highest BCUT2D eigenvalue weighted by Crippen LogP contribution is 2.27. The van der Waals surface area contributed by atoms with E-state index in [9.17, 15) is 23.7 Å². The average Bonchev–Trinajstić information content (AvgIpc) is 2.63. The van der Waals surface area contributed by atoms with Gasteiger partial charge >= 0.3 is 6.61 Å². The Morgan fingerprint density at radius 1 is 1.32 bits per heavy atom. The van der Waals surface area contributed by atoms with Crippen LogP contribution in [0.5, 0.6) is 5.75 Å². The maximum Gasteiger partial charge on any atom is 0.387 e. The number of nitrogens with one attached hydrogen (secondary N) is 1. The fourth-order valence-corrected chi connectivity index (χ4v) is 2.58. The van der Waals surface area contributed by atoms with Gasteiger partial charge in [-0.1, -0.05) is 23.7 Å². The Morgan fingerprint density at radius 2 is 2.00 bits per heavy atom. The number of hydrogen-bond donors (Lipinski definition) is 1. The number of nitrogens with zero attached hydrogens (tertiary/aromatic N) is 2. The third-order valence-corrected chi connectivity index (χ3v) is 4.43. The van der Waals surface area contributed by atoms with E-state index < -0.39 is 23.5 Å². The van der Waals surface area contributed by atoms with Crippen molar-refractivity contribution in [3.63, 3.8) is 0 Å². The SMILES string of the molecule is CC(C(=O)Nc1ccccc1OC(F)F)N(C)Cc1cc([N+](=O)[O-])ccc1Cl. The summed E-state index contributed by atoms with van der Waals surface area (Å²) in [5.74, 6) is -0.614. The van der Waals surface area contributed by atoms with Crippen molar-refractivity contribution >= 4 is 28.9 Å². The van der Waals surface area contributed by atoms with Gasteiger partial charge in [0.25, 0.3) is 5.69 Å². The molecule has 0 aliphatic carbocycles. The van der Waals surface area contributed by atoms with Gasteiger partial charge in [-0.2, -0.15) is 8.78 Å². The standard InChI is InChI=1S/C18H18ClF2N3O4/c1-11(17(25)22-15-5-3-4-6-16(15)28-18(20)21)23(2)10-12-9-13(24(26)27)7-8-14(12)19/h3-9,11,18H,10H2,1-2H3,(H,22,25). The fraction of sp³-hybridized carbons (Fsp3) is 0.278. The second kappa shape index (κ2) is 9.43. The molecule has 1 unspecified atom stereocenters. The molecule has 0 radical (unpaired) electrons. The molecule has 0 aromatic heterocycles. The second-order valence-corrected chi connectivity index (χ2v) is 6.40. The molecule has 28 heavy (non-hydrogen) atoms. The molecule has 0 bridgehead atoms. The summed E-state index contributed by atoms with van der Waals surface area (Å²) in [6.45, 7) is -1.24. The first-order valence-electron chi connectivity index (χ1n) is 8.16. The summed E-state index contributed by atoms with van der Waals surface area (Å²) >= 11 is 6.09. The molecule has 0 spiro atoms. The van der Waals surface area contributed by atoms with Gasteiger partial charge in [-0.25, -0.2) is 0 Å². The molecule has 0 aliphatic rings. The van der Waals surface area contributed by atoms with Crippen LogP contribution in [-0.2, 0) is 11.3 Å². The average molecular weight is 414 g/mol. The first kappa shape index (κ1) is 21.5. The highest BCUT2D eigenvalue weighted by atomic mass is 35.5. The van der Waals surface area contributed by atoms with Crippen LogP contribution in [0.3, 0.4) is 0 Å². The minimum atomic E-state index is -3.02. The number of para-hydroxylation sites is 2. The molecule has 0 heterocycles. The van der Waals surface area contributed by atoms with Crippen molar-refractivity contribution in [2.45, 2.75) is 26.1 Å². The van der Waals surface area contributed by atoms with E-state index in [2.05, 4.69) is 10.1 Å². The number of benzene rings is 2. The predicted octanol–water partition coefficient (Wildman–Crippen LogP) is 4.31. The van der Waals surface area contributed by atoms with Crippen molar-refractivity contribution in [3.8, 4) is 5.75 Å². The zero-order chi connectivity index (χ0) is 20.8. The molecule has 0 saturated heterocycles. The zero-order valence-corrected chi connectivity index (χ0v) is 15.8. The lowest BCUT2D eigenvalue weighted by Gasteiger charge is -2.24. The smallest absolute Gasteiger partial charge is 0.387 e. The van der Waals surface area contributed by atoms with Crippen LogP contribution in [0.25, 0.3) is 0 Å². The monoisotopic (exact) mass is 413 g/mol. The molecule has 2 aromatic rings. The predicted molar refractivity (Wildman–Crippen MR) is 101 cm³/mol. The van der Waals surface area contributed by atoms with E-state index in [0.29, 0.717) is 10.6 Å². The topological polar surface area (TPSA) is 84.7 Å². The van der Waals surface area contributed by atoms with E-state index >= 15 is 0 Å². The summed E-state index contributed by atoms with van der Waals surface area (Å²) in [5.41, 5.74) is 0.490. The number of alkyl halides is 2. The molecule has 7 nitrogen and oxygen atoms in total. The van der Waals surface area contributed by atoms with Crippen LogP contribution in [0.2, 0.25) is 5.02 Å². The largest absolute Gasteiger partial charge is 0.433 e. The van der Waals surface area contributed by atoms with Gasteiger partial charge in [-0.05, 0) is 37.7 Å². The number of non-ortho nitro benzene ring substituents is 1. The Labute approximate surface area is 165 Å². The number of carbonyl (C=O) groups is 1. The number of amides is 1.